The summed E-state index contributed by atoms with van der Waals surface area (Å²) < 4.78 is 37.9. The fourth-order valence-electron chi connectivity index (χ4n) is 3.79. The number of alkyl halides is 3. The number of para-hydroxylation sites is 1. The topological polar surface area (TPSA) is 95.9 Å². The summed E-state index contributed by atoms with van der Waals surface area (Å²) in [5, 5.41) is 7.12. The van der Waals surface area contributed by atoms with Crippen molar-refractivity contribution in [3.05, 3.63) is 54.6 Å². The molecule has 1 spiro atoms. The lowest BCUT2D eigenvalue weighted by atomic mass is 9.90. The highest BCUT2D eigenvalue weighted by Gasteiger charge is 2.42. The minimum absolute atomic E-state index is 0.0624. The molecule has 0 radical (unpaired) electrons. The van der Waals surface area contributed by atoms with Crippen LogP contribution in [0.3, 0.4) is 0 Å². The third kappa shape index (κ3) is 5.94. The minimum atomic E-state index is -5.08. The van der Waals surface area contributed by atoms with Crippen LogP contribution in [0.25, 0.3) is 0 Å². The van der Waals surface area contributed by atoms with Crippen LogP contribution in [0.4, 0.5) is 18.9 Å². The first-order valence-electron chi connectivity index (χ1n) is 10.00. The highest BCUT2D eigenvalue weighted by Crippen LogP contribution is 2.32. The van der Waals surface area contributed by atoms with Gasteiger partial charge in [0, 0.05) is 37.7 Å². The number of amides is 1. The average molecular weight is 452 g/mol. The molecule has 2 saturated heterocycles. The molecule has 2 aliphatic heterocycles. The number of ether oxygens (including phenoxy) is 1. The van der Waals surface area contributed by atoms with Crippen LogP contribution in [0.1, 0.15) is 23.3 Å². The largest absolute Gasteiger partial charge is 0.490 e. The molecule has 2 fully saturated rings. The van der Waals surface area contributed by atoms with E-state index in [0.29, 0.717) is 25.4 Å². The second-order valence-corrected chi connectivity index (χ2v) is 7.51. The van der Waals surface area contributed by atoms with Gasteiger partial charge in [0.15, 0.2) is 0 Å². The number of halogens is 3. The summed E-state index contributed by atoms with van der Waals surface area (Å²) >= 11 is 0. The van der Waals surface area contributed by atoms with Gasteiger partial charge in [0.05, 0.1) is 19.3 Å². The maximum Gasteiger partial charge on any atom is 0.490 e. The number of nitrogens with zero attached hydrogens (tertiary/aromatic N) is 4. The molecule has 8 nitrogen and oxygen atoms in total. The van der Waals surface area contributed by atoms with Crippen LogP contribution in [0.5, 0.6) is 0 Å². The van der Waals surface area contributed by atoms with E-state index >= 15 is 0 Å². The van der Waals surface area contributed by atoms with Gasteiger partial charge in [0.2, 0.25) is 0 Å². The first-order valence-corrected chi connectivity index (χ1v) is 10.00. The Morgan fingerprint density at radius 1 is 1.09 bits per heavy atom. The Bertz CT molecular complexity index is 910. The zero-order chi connectivity index (χ0) is 23.2. The molecule has 0 aliphatic carbocycles. The molecule has 32 heavy (non-hydrogen) atoms. The summed E-state index contributed by atoms with van der Waals surface area (Å²) in [5.74, 6) is -2.82. The fourth-order valence-corrected chi connectivity index (χ4v) is 3.79. The minimum Gasteiger partial charge on any atom is -0.475 e. The van der Waals surface area contributed by atoms with Gasteiger partial charge in [-0.1, -0.05) is 18.2 Å². The Labute approximate surface area is 182 Å². The Morgan fingerprint density at radius 2 is 1.81 bits per heavy atom. The molecule has 0 saturated carbocycles. The van der Waals surface area contributed by atoms with E-state index in [-0.39, 0.29) is 11.5 Å². The molecular formula is C21H23F3N4O4. The number of anilines is 1. The first-order chi connectivity index (χ1) is 15.2. The second kappa shape index (κ2) is 9.94. The molecule has 4 rings (SSSR count). The molecule has 1 aromatic heterocycles. The summed E-state index contributed by atoms with van der Waals surface area (Å²) in [4.78, 5) is 34.0. The Morgan fingerprint density at radius 3 is 2.44 bits per heavy atom. The maximum absolute atomic E-state index is 12.7. The molecule has 172 valence electrons. The van der Waals surface area contributed by atoms with E-state index < -0.39 is 12.1 Å². The molecule has 0 bridgehead atoms. The molecule has 11 heteroatoms. The number of rotatable bonds is 2. The van der Waals surface area contributed by atoms with Crippen molar-refractivity contribution < 1.29 is 32.6 Å². The lowest BCUT2D eigenvalue weighted by molar-refractivity contribution is -0.192. The van der Waals surface area contributed by atoms with E-state index in [2.05, 4.69) is 39.1 Å². The van der Waals surface area contributed by atoms with Crippen molar-refractivity contribution >= 4 is 17.6 Å². The summed E-state index contributed by atoms with van der Waals surface area (Å²) in [6, 6.07) is 10.4. The number of hydrogen-bond donors (Lipinski definition) is 1. The summed E-state index contributed by atoms with van der Waals surface area (Å²) in [6.45, 7) is 3.59. The molecule has 1 amide bonds. The number of benzene rings is 1. The van der Waals surface area contributed by atoms with Crippen molar-refractivity contribution in [2.75, 3.05) is 37.7 Å². The van der Waals surface area contributed by atoms with Crippen LogP contribution in [-0.2, 0) is 9.53 Å². The zero-order valence-electron chi connectivity index (χ0n) is 17.2. The van der Waals surface area contributed by atoms with Crippen molar-refractivity contribution in [2.24, 2.45) is 0 Å². The van der Waals surface area contributed by atoms with Gasteiger partial charge in [-0.25, -0.2) is 9.78 Å². The zero-order valence-corrected chi connectivity index (χ0v) is 17.2. The summed E-state index contributed by atoms with van der Waals surface area (Å²) in [7, 11) is 0. The molecule has 2 aliphatic rings. The van der Waals surface area contributed by atoms with Crippen molar-refractivity contribution in [3.8, 4) is 0 Å². The lowest BCUT2D eigenvalue weighted by Gasteiger charge is -2.48. The Balaban J connectivity index is 0.000000360. The molecule has 1 N–H and O–H groups in total. The average Bonchev–Trinajstić information content (AvgIpc) is 2.79. The number of aromatic nitrogens is 2. The smallest absolute Gasteiger partial charge is 0.475 e. The van der Waals surface area contributed by atoms with Crippen LogP contribution < -0.4 is 4.90 Å². The fraction of sp³-hybridized carbons (Fsp3) is 0.429. The molecule has 3 heterocycles. The number of carbonyl (C=O) groups is 2. The van der Waals surface area contributed by atoms with Gasteiger partial charge in [-0.05, 0) is 25.0 Å². The quantitative estimate of drug-likeness (QED) is 0.748. The first kappa shape index (κ1) is 23.5. The van der Waals surface area contributed by atoms with Crippen molar-refractivity contribution in [1.29, 1.82) is 0 Å². The van der Waals surface area contributed by atoms with Crippen LogP contribution >= 0.6 is 0 Å². The van der Waals surface area contributed by atoms with E-state index in [4.69, 9.17) is 14.6 Å². The lowest BCUT2D eigenvalue weighted by Crippen LogP contribution is -2.60. The van der Waals surface area contributed by atoms with E-state index in [9.17, 15) is 18.0 Å². The van der Waals surface area contributed by atoms with Crippen molar-refractivity contribution in [1.82, 2.24) is 14.9 Å². The number of carbonyl (C=O) groups excluding carboxylic acids is 1. The maximum atomic E-state index is 12.7. The van der Waals surface area contributed by atoms with Gasteiger partial charge >= 0.3 is 12.1 Å². The van der Waals surface area contributed by atoms with Crippen LogP contribution in [0.2, 0.25) is 0 Å². The van der Waals surface area contributed by atoms with E-state index in [1.54, 1.807) is 12.4 Å². The van der Waals surface area contributed by atoms with Crippen molar-refractivity contribution in [3.63, 3.8) is 0 Å². The van der Waals surface area contributed by atoms with E-state index in [1.807, 2.05) is 11.0 Å². The summed E-state index contributed by atoms with van der Waals surface area (Å²) in [5.41, 5.74) is 1.31. The van der Waals surface area contributed by atoms with E-state index in [0.717, 1.165) is 25.9 Å². The van der Waals surface area contributed by atoms with E-state index in [1.165, 1.54) is 11.9 Å². The van der Waals surface area contributed by atoms with Crippen molar-refractivity contribution in [2.45, 2.75) is 24.6 Å². The SMILES string of the molecule is O=C(O)C(F)(F)F.O=C(c1cnccn1)N1CCOC2(CCCN(c3ccccc3)C2)C1. The van der Waals surface area contributed by atoms with Gasteiger partial charge < -0.3 is 19.6 Å². The van der Waals surface area contributed by atoms with Gasteiger partial charge in [0.1, 0.15) is 11.3 Å². The van der Waals surface area contributed by atoms with Crippen LogP contribution in [-0.4, -0.2) is 76.4 Å². The van der Waals surface area contributed by atoms with Gasteiger partial charge in [-0.2, -0.15) is 13.2 Å². The predicted molar refractivity (Wildman–Crippen MR) is 108 cm³/mol. The van der Waals surface area contributed by atoms with Crippen LogP contribution in [0.15, 0.2) is 48.9 Å². The standard InChI is InChI=1S/C19H22N4O2.C2HF3O2/c24-18(17-13-20-8-9-21-17)23-11-12-25-19(15-23)7-4-10-22(14-19)16-5-2-1-3-6-16;3-2(4,5)1(6)7/h1-3,5-6,8-9,13H,4,7,10-12,14-15H2;(H,6,7). The van der Waals surface area contributed by atoms with Gasteiger partial charge in [0.25, 0.3) is 5.91 Å². The normalized spacial score (nSPS) is 21.0. The third-order valence-corrected chi connectivity index (χ3v) is 5.22. The number of aliphatic carboxylic acids is 1. The van der Waals surface area contributed by atoms with Gasteiger partial charge in [-0.15, -0.1) is 0 Å². The number of carboxylic acid groups (broad SMARTS) is 1. The monoisotopic (exact) mass is 452 g/mol. The number of morpholine rings is 1. The third-order valence-electron chi connectivity index (χ3n) is 5.22. The molecule has 2 aromatic rings. The number of hydrogen-bond acceptors (Lipinski definition) is 6. The number of piperidine rings is 1. The number of carboxylic acids is 1. The molecular weight excluding hydrogens is 429 g/mol. The molecule has 1 unspecified atom stereocenters. The molecule has 1 atom stereocenters. The Kier molecular flexibility index (Phi) is 7.29. The van der Waals surface area contributed by atoms with Gasteiger partial charge in [-0.3, -0.25) is 9.78 Å². The Hall–Kier alpha value is -3.21. The predicted octanol–water partition coefficient (Wildman–Crippen LogP) is 2.62. The molecule has 1 aromatic carbocycles. The second-order valence-electron chi connectivity index (χ2n) is 7.51. The van der Waals surface area contributed by atoms with Crippen LogP contribution in [0, 0.1) is 0 Å². The highest BCUT2D eigenvalue weighted by molar-refractivity contribution is 5.92. The summed E-state index contributed by atoms with van der Waals surface area (Å²) in [6.07, 6.45) is 1.61. The highest BCUT2D eigenvalue weighted by atomic mass is 19.4.